The molecule has 0 N–H and O–H groups in total. The summed E-state index contributed by atoms with van der Waals surface area (Å²) in [6.45, 7) is 7.11. The van der Waals surface area contributed by atoms with Crippen LogP contribution in [0.4, 0.5) is 0 Å². The van der Waals surface area contributed by atoms with Crippen LogP contribution in [0.2, 0.25) is 5.02 Å². The second-order valence-corrected chi connectivity index (χ2v) is 7.09. The predicted molar refractivity (Wildman–Crippen MR) is 113 cm³/mol. The molecule has 0 fully saturated rings. The second-order valence-electron chi connectivity index (χ2n) is 5.52. The standard InChI is InChI=1S/C20H18ClIN2O/c1-4-24-13(2)18(22)11-16(14-8-6-5-7-9-14)20(24)19-17(21)10-15(25-3)12-23-19/h5-12H,2,4H2,1,3H3. The van der Waals surface area contributed by atoms with E-state index < -0.39 is 0 Å². The van der Waals surface area contributed by atoms with Crippen LogP contribution in [0.25, 0.3) is 11.3 Å². The van der Waals surface area contributed by atoms with Gasteiger partial charge in [0.1, 0.15) is 11.4 Å². The predicted octanol–water partition coefficient (Wildman–Crippen LogP) is 5.78. The fraction of sp³-hybridized carbons (Fsp3) is 0.150. The third-order valence-electron chi connectivity index (χ3n) is 4.07. The largest absolute Gasteiger partial charge is 0.495 e. The summed E-state index contributed by atoms with van der Waals surface area (Å²) in [6.07, 6.45) is 3.83. The molecule has 0 saturated carbocycles. The molecule has 128 valence electrons. The van der Waals surface area contributed by atoms with Crippen molar-refractivity contribution in [2.45, 2.75) is 6.92 Å². The Morgan fingerprint density at radius 3 is 2.60 bits per heavy atom. The van der Waals surface area contributed by atoms with Gasteiger partial charge in [0.15, 0.2) is 0 Å². The molecule has 0 amide bonds. The molecule has 1 aromatic heterocycles. The molecule has 2 aromatic rings. The Labute approximate surface area is 166 Å². The first-order valence-corrected chi connectivity index (χ1v) is 9.36. The van der Waals surface area contributed by atoms with Gasteiger partial charge in [0, 0.05) is 27.5 Å². The molecule has 1 aliphatic heterocycles. The molecule has 0 radical (unpaired) electrons. The fourth-order valence-electron chi connectivity index (χ4n) is 2.84. The SMILES string of the molecule is C=C1C(I)=CC(c2ccccc2)=C(c2ncc(OC)cc2Cl)N1CC. The van der Waals surface area contributed by atoms with Gasteiger partial charge < -0.3 is 9.64 Å². The molecular formula is C20H18ClIN2O. The zero-order valence-electron chi connectivity index (χ0n) is 14.1. The molecule has 3 rings (SSSR count). The van der Waals surface area contributed by atoms with E-state index in [1.54, 1.807) is 19.4 Å². The molecule has 0 aliphatic carbocycles. The minimum atomic E-state index is 0.555. The Hall–Kier alpha value is -1.79. The first-order valence-electron chi connectivity index (χ1n) is 7.90. The number of likely N-dealkylation sites (N-methyl/N-ethyl adjacent to an activating group) is 1. The summed E-state index contributed by atoms with van der Waals surface area (Å²) in [5.41, 5.74) is 4.84. The van der Waals surface area contributed by atoms with Gasteiger partial charge in [-0.05, 0) is 41.2 Å². The van der Waals surface area contributed by atoms with E-state index in [1.165, 1.54) is 0 Å². The van der Waals surface area contributed by atoms with Crippen LogP contribution in [0, 0.1) is 0 Å². The number of nitrogens with zero attached hydrogens (tertiary/aromatic N) is 2. The Morgan fingerprint density at radius 1 is 1.28 bits per heavy atom. The zero-order valence-corrected chi connectivity index (χ0v) is 17.0. The molecule has 0 bridgehead atoms. The maximum atomic E-state index is 6.55. The van der Waals surface area contributed by atoms with E-state index in [4.69, 9.17) is 16.3 Å². The van der Waals surface area contributed by atoms with Gasteiger partial charge in [0.25, 0.3) is 0 Å². The lowest BCUT2D eigenvalue weighted by atomic mass is 9.97. The van der Waals surface area contributed by atoms with Gasteiger partial charge in [0.05, 0.1) is 24.0 Å². The Balaban J connectivity index is 2.29. The highest BCUT2D eigenvalue weighted by Crippen LogP contribution is 2.42. The van der Waals surface area contributed by atoms with Crippen LogP contribution in [0.3, 0.4) is 0 Å². The number of hydrogen-bond acceptors (Lipinski definition) is 3. The number of pyridine rings is 1. The normalized spacial score (nSPS) is 14.6. The maximum Gasteiger partial charge on any atom is 0.138 e. The van der Waals surface area contributed by atoms with Gasteiger partial charge in [-0.2, -0.15) is 0 Å². The first kappa shape index (κ1) is 18.0. The van der Waals surface area contributed by atoms with Crippen LogP contribution in [-0.4, -0.2) is 23.5 Å². The van der Waals surface area contributed by atoms with Crippen LogP contribution in [-0.2, 0) is 0 Å². The molecule has 0 atom stereocenters. The van der Waals surface area contributed by atoms with Crippen molar-refractivity contribution in [3.63, 3.8) is 0 Å². The van der Waals surface area contributed by atoms with E-state index in [-0.39, 0.29) is 0 Å². The summed E-state index contributed by atoms with van der Waals surface area (Å²) < 4.78 is 6.34. The maximum absolute atomic E-state index is 6.55. The number of halogens is 2. The average Bonchev–Trinajstić information content (AvgIpc) is 2.64. The molecule has 1 aromatic carbocycles. The number of rotatable bonds is 4. The average molecular weight is 465 g/mol. The molecule has 5 heteroatoms. The van der Waals surface area contributed by atoms with Crippen molar-refractivity contribution in [3.8, 4) is 5.75 Å². The van der Waals surface area contributed by atoms with E-state index in [1.807, 2.05) is 18.2 Å². The molecular weight excluding hydrogens is 447 g/mol. The third kappa shape index (κ3) is 3.46. The third-order valence-corrected chi connectivity index (χ3v) is 5.30. The minimum absolute atomic E-state index is 0.555. The topological polar surface area (TPSA) is 25.4 Å². The Morgan fingerprint density at radius 2 is 2.00 bits per heavy atom. The van der Waals surface area contributed by atoms with Gasteiger partial charge in [-0.25, -0.2) is 4.98 Å². The molecule has 3 nitrogen and oxygen atoms in total. The molecule has 0 saturated heterocycles. The van der Waals surface area contributed by atoms with Crippen molar-refractivity contribution in [2.24, 2.45) is 0 Å². The number of methoxy groups -OCH3 is 1. The lowest BCUT2D eigenvalue weighted by Gasteiger charge is -2.33. The van der Waals surface area contributed by atoms with Gasteiger partial charge in [-0.15, -0.1) is 0 Å². The van der Waals surface area contributed by atoms with Gasteiger partial charge in [0.2, 0.25) is 0 Å². The van der Waals surface area contributed by atoms with Crippen molar-refractivity contribution in [1.29, 1.82) is 0 Å². The molecule has 1 aliphatic rings. The van der Waals surface area contributed by atoms with Crippen molar-refractivity contribution < 1.29 is 4.74 Å². The van der Waals surface area contributed by atoms with Gasteiger partial charge in [-0.3, -0.25) is 0 Å². The van der Waals surface area contributed by atoms with Crippen LogP contribution < -0.4 is 4.74 Å². The summed E-state index contributed by atoms with van der Waals surface area (Å²) in [4.78, 5) is 6.73. The highest BCUT2D eigenvalue weighted by atomic mass is 127. The fourth-order valence-corrected chi connectivity index (χ4v) is 3.68. The number of ether oxygens (including phenoxy) is 1. The van der Waals surface area contributed by atoms with Crippen LogP contribution in [0.1, 0.15) is 18.2 Å². The van der Waals surface area contributed by atoms with E-state index in [0.29, 0.717) is 10.8 Å². The summed E-state index contributed by atoms with van der Waals surface area (Å²) >= 11 is 8.87. The van der Waals surface area contributed by atoms with Gasteiger partial charge >= 0.3 is 0 Å². The van der Waals surface area contributed by atoms with E-state index >= 15 is 0 Å². The number of aromatic nitrogens is 1. The Bertz CT molecular complexity index is 875. The first-order chi connectivity index (χ1) is 12.1. The van der Waals surface area contributed by atoms with E-state index in [2.05, 4.69) is 64.2 Å². The van der Waals surface area contributed by atoms with Crippen LogP contribution >= 0.6 is 34.2 Å². The van der Waals surface area contributed by atoms with Crippen molar-refractivity contribution in [2.75, 3.05) is 13.7 Å². The highest BCUT2D eigenvalue weighted by Gasteiger charge is 2.26. The lowest BCUT2D eigenvalue weighted by molar-refractivity contribution is 0.412. The summed E-state index contributed by atoms with van der Waals surface area (Å²) in [6, 6.07) is 12.0. The van der Waals surface area contributed by atoms with Gasteiger partial charge in [-0.1, -0.05) is 48.5 Å². The van der Waals surface area contributed by atoms with E-state index in [0.717, 1.165) is 38.3 Å². The lowest BCUT2D eigenvalue weighted by Crippen LogP contribution is -2.25. The number of hydrogen-bond donors (Lipinski definition) is 0. The Kier molecular flexibility index (Phi) is 5.49. The number of benzene rings is 1. The number of allylic oxidation sites excluding steroid dienone is 3. The molecule has 0 spiro atoms. The highest BCUT2D eigenvalue weighted by molar-refractivity contribution is 14.1. The monoisotopic (exact) mass is 464 g/mol. The molecule has 0 unspecified atom stereocenters. The quantitative estimate of drug-likeness (QED) is 0.536. The summed E-state index contributed by atoms with van der Waals surface area (Å²) in [5.74, 6) is 0.637. The molecule has 25 heavy (non-hydrogen) atoms. The van der Waals surface area contributed by atoms with Crippen molar-refractivity contribution >= 4 is 45.5 Å². The second kappa shape index (κ2) is 7.62. The zero-order chi connectivity index (χ0) is 18.0. The van der Waals surface area contributed by atoms with Crippen molar-refractivity contribution in [3.05, 3.63) is 80.8 Å². The minimum Gasteiger partial charge on any atom is -0.495 e. The van der Waals surface area contributed by atoms with Crippen molar-refractivity contribution in [1.82, 2.24) is 9.88 Å². The summed E-state index contributed by atoms with van der Waals surface area (Å²) in [7, 11) is 1.60. The van der Waals surface area contributed by atoms with Crippen LogP contribution in [0.5, 0.6) is 5.75 Å². The smallest absolute Gasteiger partial charge is 0.138 e. The van der Waals surface area contributed by atoms with Crippen LogP contribution in [0.15, 0.2) is 64.5 Å². The van der Waals surface area contributed by atoms with E-state index in [9.17, 15) is 0 Å². The molecule has 2 heterocycles. The summed E-state index contributed by atoms with van der Waals surface area (Å²) in [5, 5.41) is 0.555.